The number of rotatable bonds is 8. The summed E-state index contributed by atoms with van der Waals surface area (Å²) in [6.07, 6.45) is -1.42. The zero-order chi connectivity index (χ0) is 28.7. The molecular formula is C26H19F4N5O4S. The van der Waals surface area contributed by atoms with Crippen LogP contribution in [0.2, 0.25) is 0 Å². The fourth-order valence-electron chi connectivity index (χ4n) is 3.99. The van der Waals surface area contributed by atoms with Crippen molar-refractivity contribution in [2.75, 3.05) is 5.32 Å². The van der Waals surface area contributed by atoms with Crippen LogP contribution in [-0.4, -0.2) is 26.6 Å². The Morgan fingerprint density at radius 1 is 1.18 bits per heavy atom. The van der Waals surface area contributed by atoms with Crippen molar-refractivity contribution >= 4 is 39.1 Å². The summed E-state index contributed by atoms with van der Waals surface area (Å²) < 4.78 is 66.7. The predicted molar refractivity (Wildman–Crippen MR) is 137 cm³/mol. The van der Waals surface area contributed by atoms with Crippen LogP contribution >= 0.6 is 11.3 Å². The predicted octanol–water partition coefficient (Wildman–Crippen LogP) is 5.74. The van der Waals surface area contributed by atoms with Crippen molar-refractivity contribution in [2.45, 2.75) is 20.0 Å². The molecule has 9 nitrogen and oxygen atoms in total. The molecule has 0 fully saturated rings. The lowest BCUT2D eigenvalue weighted by Gasteiger charge is -2.10. The molecule has 0 saturated carbocycles. The number of nitrogens with two attached hydrogens (primary N) is 1. The van der Waals surface area contributed by atoms with E-state index >= 15 is 0 Å². The summed E-state index contributed by atoms with van der Waals surface area (Å²) in [5.74, 6) is -3.61. The summed E-state index contributed by atoms with van der Waals surface area (Å²) in [5, 5.41) is 7.00. The quantitative estimate of drug-likeness (QED) is 0.228. The van der Waals surface area contributed by atoms with E-state index in [4.69, 9.17) is 14.9 Å². The number of anilines is 1. The lowest BCUT2D eigenvalue weighted by atomic mass is 10.0. The second-order valence-electron chi connectivity index (χ2n) is 8.60. The molecule has 14 heteroatoms. The molecule has 40 heavy (non-hydrogen) atoms. The molecule has 0 unspecified atom stereocenters. The molecule has 3 N–H and O–H groups in total. The van der Waals surface area contributed by atoms with Gasteiger partial charge in [-0.15, -0.1) is 11.3 Å². The maximum atomic E-state index is 13.8. The Balaban J connectivity index is 1.50. The number of thiophene rings is 1. The van der Waals surface area contributed by atoms with E-state index in [1.165, 1.54) is 24.4 Å². The van der Waals surface area contributed by atoms with E-state index in [1.54, 1.807) is 18.7 Å². The van der Waals surface area contributed by atoms with Gasteiger partial charge in [0.15, 0.2) is 17.3 Å². The SMILES string of the molecule is Cc1c(-c2cc(C(F)F)nc3sc(C(N)=O)c(NC(=O)c4ccc(COc5ccc(F)cc5F)o4)c23)cnn1C. The highest BCUT2D eigenvalue weighted by molar-refractivity contribution is 7.21. The normalized spacial score (nSPS) is 11.4. The Hall–Kier alpha value is -4.72. The van der Waals surface area contributed by atoms with Crippen molar-refractivity contribution in [1.82, 2.24) is 14.8 Å². The second kappa shape index (κ2) is 10.4. The third-order valence-corrected chi connectivity index (χ3v) is 7.14. The number of primary amides is 1. The average molecular weight is 574 g/mol. The molecule has 0 aliphatic heterocycles. The van der Waals surface area contributed by atoms with Crippen LogP contribution in [0.3, 0.4) is 0 Å². The molecule has 0 aliphatic carbocycles. The number of benzene rings is 1. The summed E-state index contributed by atoms with van der Waals surface area (Å²) in [6.45, 7) is 1.47. The van der Waals surface area contributed by atoms with Gasteiger partial charge in [-0.25, -0.2) is 22.5 Å². The number of ether oxygens (including phenoxy) is 1. The number of hydrogen-bond acceptors (Lipinski definition) is 7. The standard InChI is InChI=1S/C26H19F4N5O4S/c1-11-15(9-32-35(11)2)14-8-17(23(29)30)33-26-20(14)21(22(40-26)24(31)36)34-25(37)19-6-4-13(39-19)10-38-18-5-3-12(27)7-16(18)28/h3-9,23H,10H2,1-2H3,(H2,31,36)(H,34,37). The second-order valence-corrected chi connectivity index (χ2v) is 9.60. The van der Waals surface area contributed by atoms with Crippen LogP contribution in [0.5, 0.6) is 5.75 Å². The Bertz CT molecular complexity index is 1780. The van der Waals surface area contributed by atoms with E-state index in [2.05, 4.69) is 15.4 Å². The summed E-state index contributed by atoms with van der Waals surface area (Å²) in [5.41, 5.74) is 6.44. The number of aromatic nitrogens is 3. The number of carbonyl (C=O) groups excluding carboxylic acids is 2. The molecule has 0 spiro atoms. The topological polar surface area (TPSA) is 125 Å². The van der Waals surface area contributed by atoms with Crippen LogP contribution in [0.4, 0.5) is 23.2 Å². The monoisotopic (exact) mass is 573 g/mol. The Morgan fingerprint density at radius 3 is 2.60 bits per heavy atom. The van der Waals surface area contributed by atoms with E-state index in [0.717, 1.165) is 23.5 Å². The first-order chi connectivity index (χ1) is 19.0. The van der Waals surface area contributed by atoms with Gasteiger partial charge in [0.2, 0.25) is 0 Å². The number of nitrogens with one attached hydrogen (secondary N) is 1. The highest BCUT2D eigenvalue weighted by Gasteiger charge is 2.27. The minimum Gasteiger partial charge on any atom is -0.483 e. The van der Waals surface area contributed by atoms with Crippen LogP contribution in [0.25, 0.3) is 21.3 Å². The third-order valence-electron chi connectivity index (χ3n) is 6.04. The molecule has 1 aromatic carbocycles. The molecule has 0 saturated heterocycles. The minimum absolute atomic E-state index is 0.0216. The number of pyridine rings is 1. The molecule has 4 heterocycles. The average Bonchev–Trinajstić information content (AvgIpc) is 3.61. The molecule has 5 aromatic rings. The highest BCUT2D eigenvalue weighted by atomic mass is 32.1. The van der Waals surface area contributed by atoms with Gasteiger partial charge in [-0.1, -0.05) is 0 Å². The van der Waals surface area contributed by atoms with Gasteiger partial charge in [0, 0.05) is 29.8 Å². The van der Waals surface area contributed by atoms with Crippen LogP contribution in [0.1, 0.15) is 43.8 Å². The summed E-state index contributed by atoms with van der Waals surface area (Å²) in [6, 6.07) is 6.73. The van der Waals surface area contributed by atoms with Crippen LogP contribution in [0, 0.1) is 18.6 Å². The van der Waals surface area contributed by atoms with Gasteiger partial charge in [-0.2, -0.15) is 5.10 Å². The molecular weight excluding hydrogens is 554 g/mol. The van der Waals surface area contributed by atoms with Crippen molar-refractivity contribution < 1.29 is 36.3 Å². The molecule has 206 valence electrons. The Labute approximate surface area is 227 Å². The summed E-state index contributed by atoms with van der Waals surface area (Å²) in [4.78, 5) is 29.4. The number of fused-ring (bicyclic) bond motifs is 1. The van der Waals surface area contributed by atoms with Gasteiger partial charge in [0.25, 0.3) is 18.2 Å². The zero-order valence-corrected chi connectivity index (χ0v) is 21.6. The number of amides is 2. The lowest BCUT2D eigenvalue weighted by molar-refractivity contribution is 0.0992. The maximum Gasteiger partial charge on any atom is 0.291 e. The van der Waals surface area contributed by atoms with E-state index in [1.807, 2.05) is 0 Å². The third kappa shape index (κ3) is 5.00. The van der Waals surface area contributed by atoms with Gasteiger partial charge in [0.05, 0.1) is 11.9 Å². The molecule has 5 rings (SSSR count). The highest BCUT2D eigenvalue weighted by Crippen LogP contribution is 2.43. The molecule has 0 aliphatic rings. The van der Waals surface area contributed by atoms with Crippen molar-refractivity contribution in [1.29, 1.82) is 0 Å². The van der Waals surface area contributed by atoms with Crippen molar-refractivity contribution in [3.63, 3.8) is 0 Å². The minimum atomic E-state index is -2.90. The fourth-order valence-corrected chi connectivity index (χ4v) is 5.01. The first-order valence-corrected chi connectivity index (χ1v) is 12.4. The zero-order valence-electron chi connectivity index (χ0n) is 20.8. The Kier molecular flexibility index (Phi) is 7.02. The van der Waals surface area contributed by atoms with Crippen molar-refractivity contribution in [2.24, 2.45) is 12.8 Å². The molecule has 0 bridgehead atoms. The van der Waals surface area contributed by atoms with Gasteiger partial charge in [-0.05, 0) is 42.8 Å². The maximum absolute atomic E-state index is 13.8. The van der Waals surface area contributed by atoms with E-state index < -0.39 is 35.6 Å². The number of aryl methyl sites for hydroxylation is 1. The fraction of sp³-hybridized carbons (Fsp3) is 0.154. The van der Waals surface area contributed by atoms with Gasteiger partial charge >= 0.3 is 0 Å². The van der Waals surface area contributed by atoms with Crippen LogP contribution < -0.4 is 15.8 Å². The summed E-state index contributed by atoms with van der Waals surface area (Å²) in [7, 11) is 1.68. The van der Waals surface area contributed by atoms with Crippen molar-refractivity contribution in [3.8, 4) is 16.9 Å². The lowest BCUT2D eigenvalue weighted by Crippen LogP contribution is -2.16. The van der Waals surface area contributed by atoms with Crippen molar-refractivity contribution in [3.05, 3.63) is 82.0 Å². The Morgan fingerprint density at radius 2 is 1.95 bits per heavy atom. The number of alkyl halides is 2. The van der Waals surface area contributed by atoms with Gasteiger partial charge < -0.3 is 20.2 Å². The number of carbonyl (C=O) groups is 2. The first kappa shape index (κ1) is 26.9. The van der Waals surface area contributed by atoms with Gasteiger partial charge in [-0.3, -0.25) is 14.3 Å². The largest absolute Gasteiger partial charge is 0.483 e. The molecule has 4 aromatic heterocycles. The first-order valence-electron chi connectivity index (χ1n) is 11.6. The van der Waals surface area contributed by atoms with E-state index in [9.17, 15) is 27.2 Å². The number of nitrogens with zero attached hydrogens (tertiary/aromatic N) is 3. The van der Waals surface area contributed by atoms with E-state index in [-0.39, 0.29) is 50.2 Å². The summed E-state index contributed by atoms with van der Waals surface area (Å²) >= 11 is 0.762. The molecule has 0 radical (unpaired) electrons. The van der Waals surface area contributed by atoms with E-state index in [0.29, 0.717) is 17.3 Å². The van der Waals surface area contributed by atoms with Gasteiger partial charge in [0.1, 0.15) is 33.6 Å². The molecule has 2 amide bonds. The number of furan rings is 1. The smallest absolute Gasteiger partial charge is 0.291 e. The van der Waals surface area contributed by atoms with Crippen LogP contribution in [-0.2, 0) is 13.7 Å². The molecule has 0 atom stereocenters. The number of halogens is 4. The van der Waals surface area contributed by atoms with Crippen LogP contribution in [0.15, 0.2) is 47.0 Å². The number of hydrogen-bond donors (Lipinski definition) is 2.